The van der Waals surface area contributed by atoms with Gasteiger partial charge in [0.15, 0.2) is 0 Å². The maximum absolute atomic E-state index is 8.94. The van der Waals surface area contributed by atoms with Gasteiger partial charge in [-0.05, 0) is 36.5 Å². The summed E-state index contributed by atoms with van der Waals surface area (Å²) in [5.41, 5.74) is 2.08. The summed E-state index contributed by atoms with van der Waals surface area (Å²) in [7, 11) is 0. The molecule has 2 atom stereocenters. The fourth-order valence-electron chi connectivity index (χ4n) is 3.88. The number of piperazine rings is 1. The molecule has 2 unspecified atom stereocenters. The van der Waals surface area contributed by atoms with Crippen LogP contribution >= 0.6 is 0 Å². The Hall–Kier alpha value is -1.37. The second-order valence-corrected chi connectivity index (χ2v) is 7.31. The van der Waals surface area contributed by atoms with E-state index >= 15 is 0 Å². The molecule has 1 heterocycles. The normalized spacial score (nSPS) is 24.8. The van der Waals surface area contributed by atoms with E-state index in [-0.39, 0.29) is 0 Å². The van der Waals surface area contributed by atoms with Crippen molar-refractivity contribution in [1.29, 1.82) is 5.26 Å². The van der Waals surface area contributed by atoms with Crippen molar-refractivity contribution < 1.29 is 0 Å². The molecule has 1 aliphatic heterocycles. The second-order valence-electron chi connectivity index (χ2n) is 7.31. The van der Waals surface area contributed by atoms with Crippen LogP contribution in [0.3, 0.4) is 0 Å². The molecule has 1 aromatic rings. The average molecular weight is 311 g/mol. The standard InChI is InChI=1S/C20H29N3/c1-3-16(2)20-15-22(19-5-4-6-19)11-12-23(20)14-18-9-7-17(13-21)8-10-18/h7-10,16,19-20H,3-6,11-12,14-15H2,1-2H3. The summed E-state index contributed by atoms with van der Waals surface area (Å²) < 4.78 is 0. The molecule has 1 aliphatic carbocycles. The van der Waals surface area contributed by atoms with E-state index in [0.29, 0.717) is 6.04 Å². The lowest BCUT2D eigenvalue weighted by atomic mass is 9.88. The van der Waals surface area contributed by atoms with Crippen LogP contribution in [0, 0.1) is 17.2 Å². The van der Waals surface area contributed by atoms with E-state index in [9.17, 15) is 0 Å². The van der Waals surface area contributed by atoms with Gasteiger partial charge in [-0.1, -0.05) is 38.8 Å². The summed E-state index contributed by atoms with van der Waals surface area (Å²) in [6, 6.07) is 11.8. The monoisotopic (exact) mass is 311 g/mol. The SMILES string of the molecule is CCC(C)C1CN(C2CCC2)CCN1Cc1ccc(C#N)cc1. The van der Waals surface area contributed by atoms with Crippen LogP contribution in [0.15, 0.2) is 24.3 Å². The van der Waals surface area contributed by atoms with Crippen molar-refractivity contribution in [3.05, 3.63) is 35.4 Å². The Morgan fingerprint density at radius 2 is 1.96 bits per heavy atom. The van der Waals surface area contributed by atoms with Gasteiger partial charge in [0.1, 0.15) is 0 Å². The molecule has 2 fully saturated rings. The fraction of sp³-hybridized carbons (Fsp3) is 0.650. The summed E-state index contributed by atoms with van der Waals surface area (Å²) >= 11 is 0. The molecule has 3 rings (SSSR count). The van der Waals surface area contributed by atoms with E-state index in [1.165, 1.54) is 50.9 Å². The Morgan fingerprint density at radius 1 is 1.22 bits per heavy atom. The molecule has 23 heavy (non-hydrogen) atoms. The summed E-state index contributed by atoms with van der Waals surface area (Å²) in [4.78, 5) is 5.42. The first-order chi connectivity index (χ1) is 11.2. The Labute approximate surface area is 140 Å². The first-order valence-corrected chi connectivity index (χ1v) is 9.18. The van der Waals surface area contributed by atoms with Crippen molar-refractivity contribution in [1.82, 2.24) is 9.80 Å². The number of hydrogen-bond acceptors (Lipinski definition) is 3. The van der Waals surface area contributed by atoms with E-state index in [2.05, 4.69) is 41.8 Å². The Balaban J connectivity index is 1.67. The lowest BCUT2D eigenvalue weighted by Crippen LogP contribution is -2.58. The highest BCUT2D eigenvalue weighted by Gasteiger charge is 2.34. The summed E-state index contributed by atoms with van der Waals surface area (Å²) in [6.45, 7) is 9.35. The zero-order valence-electron chi connectivity index (χ0n) is 14.5. The average Bonchev–Trinajstić information content (AvgIpc) is 2.54. The van der Waals surface area contributed by atoms with Gasteiger partial charge in [0, 0.05) is 38.3 Å². The number of nitrogens with zero attached hydrogens (tertiary/aromatic N) is 3. The van der Waals surface area contributed by atoms with Gasteiger partial charge in [-0.25, -0.2) is 0 Å². The van der Waals surface area contributed by atoms with Crippen LogP contribution < -0.4 is 0 Å². The molecule has 124 valence electrons. The second kappa shape index (κ2) is 7.47. The van der Waals surface area contributed by atoms with E-state index in [1.807, 2.05) is 12.1 Å². The van der Waals surface area contributed by atoms with Gasteiger partial charge in [0.05, 0.1) is 11.6 Å². The zero-order valence-corrected chi connectivity index (χ0v) is 14.5. The summed E-state index contributed by atoms with van der Waals surface area (Å²) in [5.74, 6) is 0.733. The lowest BCUT2D eigenvalue weighted by Gasteiger charge is -2.48. The third-order valence-electron chi connectivity index (χ3n) is 5.93. The van der Waals surface area contributed by atoms with Crippen LogP contribution in [0.4, 0.5) is 0 Å². The molecular weight excluding hydrogens is 282 g/mol. The fourth-order valence-corrected chi connectivity index (χ4v) is 3.88. The third kappa shape index (κ3) is 3.76. The van der Waals surface area contributed by atoms with E-state index in [4.69, 9.17) is 5.26 Å². The first kappa shape index (κ1) is 16.5. The minimum absolute atomic E-state index is 0.657. The van der Waals surface area contributed by atoms with Gasteiger partial charge in [0.2, 0.25) is 0 Å². The van der Waals surface area contributed by atoms with Crippen molar-refractivity contribution in [2.75, 3.05) is 19.6 Å². The third-order valence-corrected chi connectivity index (χ3v) is 5.93. The molecule has 1 aromatic carbocycles. The molecule has 0 radical (unpaired) electrons. The van der Waals surface area contributed by atoms with Crippen molar-refractivity contribution in [2.24, 2.45) is 5.92 Å². The van der Waals surface area contributed by atoms with Crippen LogP contribution in [0.1, 0.15) is 50.7 Å². The zero-order chi connectivity index (χ0) is 16.2. The molecule has 0 aromatic heterocycles. The van der Waals surface area contributed by atoms with E-state index < -0.39 is 0 Å². The van der Waals surface area contributed by atoms with Crippen molar-refractivity contribution in [3.63, 3.8) is 0 Å². The Kier molecular flexibility index (Phi) is 5.35. The topological polar surface area (TPSA) is 30.3 Å². The van der Waals surface area contributed by atoms with Gasteiger partial charge >= 0.3 is 0 Å². The number of hydrogen-bond donors (Lipinski definition) is 0. The maximum Gasteiger partial charge on any atom is 0.0991 e. The highest BCUT2D eigenvalue weighted by atomic mass is 15.3. The highest BCUT2D eigenvalue weighted by Crippen LogP contribution is 2.29. The lowest BCUT2D eigenvalue weighted by molar-refractivity contribution is -0.000293. The molecular formula is C20H29N3. The van der Waals surface area contributed by atoms with Gasteiger partial charge in [0.25, 0.3) is 0 Å². The van der Waals surface area contributed by atoms with E-state index in [0.717, 1.165) is 24.1 Å². The molecule has 3 nitrogen and oxygen atoms in total. The van der Waals surface area contributed by atoms with Gasteiger partial charge < -0.3 is 0 Å². The molecule has 0 bridgehead atoms. The van der Waals surface area contributed by atoms with Crippen molar-refractivity contribution in [3.8, 4) is 6.07 Å². The van der Waals surface area contributed by atoms with Gasteiger partial charge in [-0.15, -0.1) is 0 Å². The minimum Gasteiger partial charge on any atom is -0.298 e. The number of rotatable bonds is 5. The van der Waals surface area contributed by atoms with Crippen LogP contribution in [-0.2, 0) is 6.54 Å². The van der Waals surface area contributed by atoms with Crippen molar-refractivity contribution in [2.45, 2.75) is 58.2 Å². The van der Waals surface area contributed by atoms with Crippen LogP contribution in [0.5, 0.6) is 0 Å². The van der Waals surface area contributed by atoms with Crippen LogP contribution in [-0.4, -0.2) is 41.5 Å². The molecule has 0 N–H and O–H groups in total. The summed E-state index contributed by atoms with van der Waals surface area (Å²) in [6.07, 6.45) is 5.48. The molecule has 3 heteroatoms. The summed E-state index contributed by atoms with van der Waals surface area (Å²) in [5, 5.41) is 8.94. The van der Waals surface area contributed by atoms with E-state index in [1.54, 1.807) is 0 Å². The molecule has 1 saturated heterocycles. The predicted octanol–water partition coefficient (Wildman–Crippen LogP) is 3.64. The molecule has 2 aliphatic rings. The quantitative estimate of drug-likeness (QED) is 0.831. The highest BCUT2D eigenvalue weighted by molar-refractivity contribution is 5.31. The Morgan fingerprint density at radius 3 is 2.52 bits per heavy atom. The smallest absolute Gasteiger partial charge is 0.0991 e. The number of benzene rings is 1. The Bertz CT molecular complexity index is 541. The van der Waals surface area contributed by atoms with Gasteiger partial charge in [-0.2, -0.15) is 5.26 Å². The molecule has 0 spiro atoms. The number of nitriles is 1. The first-order valence-electron chi connectivity index (χ1n) is 9.18. The van der Waals surface area contributed by atoms with Crippen molar-refractivity contribution >= 4 is 0 Å². The largest absolute Gasteiger partial charge is 0.298 e. The molecule has 0 amide bonds. The maximum atomic E-state index is 8.94. The minimum atomic E-state index is 0.657. The molecule has 1 saturated carbocycles. The van der Waals surface area contributed by atoms with Crippen LogP contribution in [0.2, 0.25) is 0 Å². The van der Waals surface area contributed by atoms with Gasteiger partial charge in [-0.3, -0.25) is 9.80 Å². The van der Waals surface area contributed by atoms with Crippen LogP contribution in [0.25, 0.3) is 0 Å². The predicted molar refractivity (Wildman–Crippen MR) is 94.0 cm³/mol.